The lowest BCUT2D eigenvalue weighted by molar-refractivity contribution is 0.122. The van der Waals surface area contributed by atoms with Gasteiger partial charge in [-0.25, -0.2) is 17.9 Å². The molecule has 0 bridgehead atoms. The molecule has 0 fully saturated rings. The number of amides is 1. The second-order valence-corrected chi connectivity index (χ2v) is 8.28. The number of carbonyl (C=O) groups is 1. The van der Waals surface area contributed by atoms with Crippen LogP contribution in [0.2, 0.25) is 5.02 Å². The Balaban J connectivity index is 1.83. The van der Waals surface area contributed by atoms with Crippen LogP contribution in [0.25, 0.3) is 0 Å². The van der Waals surface area contributed by atoms with Gasteiger partial charge < -0.3 is 4.74 Å². The van der Waals surface area contributed by atoms with Crippen molar-refractivity contribution in [2.24, 2.45) is 0 Å². The molecule has 0 saturated heterocycles. The van der Waals surface area contributed by atoms with E-state index in [1.807, 2.05) is 29.8 Å². The van der Waals surface area contributed by atoms with Crippen molar-refractivity contribution in [3.63, 3.8) is 0 Å². The first-order chi connectivity index (χ1) is 13.3. The summed E-state index contributed by atoms with van der Waals surface area (Å²) in [6, 6.07) is 22.0. The van der Waals surface area contributed by atoms with Gasteiger partial charge in [-0.3, -0.25) is 0 Å². The van der Waals surface area contributed by atoms with E-state index < -0.39 is 22.2 Å². The van der Waals surface area contributed by atoms with Crippen molar-refractivity contribution in [3.05, 3.63) is 101 Å². The maximum absolute atomic E-state index is 12.4. The third-order valence-electron chi connectivity index (χ3n) is 4.05. The van der Waals surface area contributed by atoms with Gasteiger partial charge in [0.1, 0.15) is 0 Å². The van der Waals surface area contributed by atoms with E-state index in [9.17, 15) is 13.2 Å². The van der Waals surface area contributed by atoms with E-state index in [1.165, 1.54) is 12.1 Å². The van der Waals surface area contributed by atoms with Gasteiger partial charge in [-0.2, -0.15) is 0 Å². The van der Waals surface area contributed by atoms with Crippen LogP contribution >= 0.6 is 11.6 Å². The molecular formula is C21H18ClNO4S. The van der Waals surface area contributed by atoms with Gasteiger partial charge in [0, 0.05) is 5.02 Å². The summed E-state index contributed by atoms with van der Waals surface area (Å²) < 4.78 is 32.3. The number of halogens is 1. The lowest BCUT2D eigenvalue weighted by atomic mass is 10.0. The lowest BCUT2D eigenvalue weighted by Crippen LogP contribution is -2.32. The average Bonchev–Trinajstić information content (AvgIpc) is 2.67. The Morgan fingerprint density at radius 1 is 0.893 bits per heavy atom. The minimum atomic E-state index is -4.04. The standard InChI is InChI=1S/C21H18ClNO4S/c1-15-7-13-19(14-8-15)28(25,26)23-21(24)27-20(16-5-3-2-4-6-16)17-9-11-18(22)12-10-17/h2-14,20H,1H3,(H,23,24)/t20-/m0/s1. The third kappa shape index (κ3) is 4.91. The van der Waals surface area contributed by atoms with Gasteiger partial charge in [0.05, 0.1) is 4.90 Å². The van der Waals surface area contributed by atoms with E-state index in [4.69, 9.17) is 16.3 Å². The van der Waals surface area contributed by atoms with E-state index in [1.54, 1.807) is 48.5 Å². The van der Waals surface area contributed by atoms with Crippen LogP contribution in [0.1, 0.15) is 22.8 Å². The Kier molecular flexibility index (Phi) is 6.02. The Hall–Kier alpha value is -2.83. The van der Waals surface area contributed by atoms with Crippen LogP contribution in [-0.4, -0.2) is 14.5 Å². The fourth-order valence-electron chi connectivity index (χ4n) is 2.61. The molecule has 0 aromatic heterocycles. The molecule has 0 aliphatic rings. The van der Waals surface area contributed by atoms with Crippen LogP contribution in [0.4, 0.5) is 4.79 Å². The van der Waals surface area contributed by atoms with Crippen LogP contribution in [0.5, 0.6) is 0 Å². The van der Waals surface area contributed by atoms with Gasteiger partial charge in [0.2, 0.25) is 0 Å². The number of sulfonamides is 1. The Morgan fingerprint density at radius 2 is 1.46 bits per heavy atom. The summed E-state index contributed by atoms with van der Waals surface area (Å²) >= 11 is 5.93. The van der Waals surface area contributed by atoms with Crippen LogP contribution in [-0.2, 0) is 14.8 Å². The van der Waals surface area contributed by atoms with E-state index in [0.29, 0.717) is 16.1 Å². The smallest absolute Gasteiger partial charge is 0.422 e. The fraction of sp³-hybridized carbons (Fsp3) is 0.0952. The molecule has 0 heterocycles. The van der Waals surface area contributed by atoms with Crippen molar-refractivity contribution >= 4 is 27.7 Å². The van der Waals surface area contributed by atoms with Gasteiger partial charge >= 0.3 is 6.09 Å². The first kappa shape index (κ1) is 19.9. The number of carbonyl (C=O) groups excluding carboxylic acids is 1. The number of hydrogen-bond acceptors (Lipinski definition) is 4. The molecule has 5 nitrogen and oxygen atoms in total. The zero-order valence-corrected chi connectivity index (χ0v) is 16.6. The number of ether oxygens (including phenoxy) is 1. The van der Waals surface area contributed by atoms with Crippen molar-refractivity contribution < 1.29 is 17.9 Å². The molecule has 3 rings (SSSR count). The van der Waals surface area contributed by atoms with Crippen LogP contribution < -0.4 is 4.72 Å². The summed E-state index contributed by atoms with van der Waals surface area (Å²) in [7, 11) is -4.04. The molecule has 1 N–H and O–H groups in total. The molecule has 0 aliphatic carbocycles. The van der Waals surface area contributed by atoms with Gasteiger partial charge in [-0.15, -0.1) is 0 Å². The van der Waals surface area contributed by atoms with Crippen LogP contribution in [0, 0.1) is 6.92 Å². The fourth-order valence-corrected chi connectivity index (χ4v) is 3.62. The van der Waals surface area contributed by atoms with Crippen LogP contribution in [0.3, 0.4) is 0 Å². The van der Waals surface area contributed by atoms with E-state index in [2.05, 4.69) is 0 Å². The van der Waals surface area contributed by atoms with Gasteiger partial charge in [-0.05, 0) is 42.3 Å². The van der Waals surface area contributed by atoms with Crippen molar-refractivity contribution in [1.29, 1.82) is 0 Å². The average molecular weight is 416 g/mol. The summed E-state index contributed by atoms with van der Waals surface area (Å²) in [5.74, 6) is 0. The number of hydrogen-bond donors (Lipinski definition) is 1. The summed E-state index contributed by atoms with van der Waals surface area (Å²) in [5.41, 5.74) is 2.28. The van der Waals surface area contributed by atoms with E-state index >= 15 is 0 Å². The summed E-state index contributed by atoms with van der Waals surface area (Å²) in [6.45, 7) is 1.84. The summed E-state index contributed by atoms with van der Waals surface area (Å²) in [4.78, 5) is 12.4. The van der Waals surface area contributed by atoms with E-state index in [-0.39, 0.29) is 4.90 Å². The zero-order valence-electron chi connectivity index (χ0n) is 15.0. The molecule has 28 heavy (non-hydrogen) atoms. The maximum Gasteiger partial charge on any atom is 0.422 e. The predicted molar refractivity (Wildman–Crippen MR) is 108 cm³/mol. The first-order valence-corrected chi connectivity index (χ1v) is 10.3. The predicted octanol–water partition coefficient (Wildman–Crippen LogP) is 4.85. The maximum atomic E-state index is 12.4. The highest BCUT2D eigenvalue weighted by Crippen LogP contribution is 2.27. The first-order valence-electron chi connectivity index (χ1n) is 8.46. The highest BCUT2D eigenvalue weighted by molar-refractivity contribution is 7.90. The van der Waals surface area contributed by atoms with Crippen molar-refractivity contribution in [1.82, 2.24) is 4.72 Å². The van der Waals surface area contributed by atoms with Crippen molar-refractivity contribution in [3.8, 4) is 0 Å². The number of benzene rings is 3. The molecule has 7 heteroatoms. The quantitative estimate of drug-likeness (QED) is 0.646. The zero-order chi connectivity index (χ0) is 20.1. The Morgan fingerprint density at radius 3 is 2.07 bits per heavy atom. The summed E-state index contributed by atoms with van der Waals surface area (Å²) in [6.07, 6.45) is -1.85. The van der Waals surface area contributed by atoms with E-state index in [0.717, 1.165) is 5.56 Å². The molecule has 0 saturated carbocycles. The molecule has 1 atom stereocenters. The molecule has 0 spiro atoms. The minimum absolute atomic E-state index is 0.0159. The molecule has 0 radical (unpaired) electrons. The monoisotopic (exact) mass is 415 g/mol. The van der Waals surface area contributed by atoms with Gasteiger partial charge in [0.15, 0.2) is 6.10 Å². The number of nitrogens with one attached hydrogen (secondary N) is 1. The molecule has 144 valence electrons. The Labute approximate surface area is 169 Å². The van der Waals surface area contributed by atoms with Gasteiger partial charge in [-0.1, -0.05) is 71.8 Å². The second-order valence-electron chi connectivity index (χ2n) is 6.17. The highest BCUT2D eigenvalue weighted by Gasteiger charge is 2.23. The lowest BCUT2D eigenvalue weighted by Gasteiger charge is -2.19. The molecule has 1 amide bonds. The highest BCUT2D eigenvalue weighted by atomic mass is 35.5. The molecule has 0 unspecified atom stereocenters. The largest absolute Gasteiger partial charge is 0.436 e. The normalized spacial score (nSPS) is 12.2. The minimum Gasteiger partial charge on any atom is -0.436 e. The number of rotatable bonds is 5. The van der Waals surface area contributed by atoms with Crippen molar-refractivity contribution in [2.45, 2.75) is 17.9 Å². The van der Waals surface area contributed by atoms with Gasteiger partial charge in [0.25, 0.3) is 10.0 Å². The third-order valence-corrected chi connectivity index (χ3v) is 5.63. The Bertz CT molecular complexity index is 1050. The summed E-state index contributed by atoms with van der Waals surface area (Å²) in [5, 5.41) is 0.543. The van der Waals surface area contributed by atoms with Crippen molar-refractivity contribution in [2.75, 3.05) is 0 Å². The molecule has 3 aromatic rings. The number of aryl methyl sites for hydroxylation is 1. The topological polar surface area (TPSA) is 72.5 Å². The SMILES string of the molecule is Cc1ccc(S(=O)(=O)NC(=O)O[C@@H](c2ccccc2)c2ccc(Cl)cc2)cc1. The molecular weight excluding hydrogens is 398 g/mol. The second kappa shape index (κ2) is 8.46. The van der Waals surface area contributed by atoms with Crippen LogP contribution in [0.15, 0.2) is 83.8 Å². The molecule has 3 aromatic carbocycles. The molecule has 0 aliphatic heterocycles.